The topological polar surface area (TPSA) is 78.3 Å². The van der Waals surface area contributed by atoms with E-state index >= 15 is 0 Å². The van der Waals surface area contributed by atoms with E-state index in [1.165, 1.54) is 30.3 Å². The monoisotopic (exact) mass is 274 g/mol. The summed E-state index contributed by atoms with van der Waals surface area (Å²) in [5.74, 6) is 1.47. The third-order valence-corrected chi connectivity index (χ3v) is 4.51. The summed E-state index contributed by atoms with van der Waals surface area (Å²) in [5.41, 5.74) is 0.380. The van der Waals surface area contributed by atoms with Gasteiger partial charge in [-0.2, -0.15) is 5.10 Å². The van der Waals surface area contributed by atoms with Crippen molar-refractivity contribution in [1.82, 2.24) is 24.5 Å². The Labute approximate surface area is 116 Å². The molecule has 2 aromatic rings. The van der Waals surface area contributed by atoms with Gasteiger partial charge >= 0.3 is 5.69 Å². The third-order valence-electron chi connectivity index (χ3n) is 4.51. The molecule has 0 aromatic carbocycles. The Morgan fingerprint density at radius 3 is 3.20 bits per heavy atom. The lowest BCUT2D eigenvalue weighted by Gasteiger charge is -2.21. The van der Waals surface area contributed by atoms with E-state index in [1.54, 1.807) is 0 Å². The largest absolute Gasteiger partial charge is 0.366 e. The van der Waals surface area contributed by atoms with Crippen LogP contribution >= 0.6 is 0 Å². The van der Waals surface area contributed by atoms with Gasteiger partial charge in [-0.15, -0.1) is 0 Å². The second-order valence-corrected chi connectivity index (χ2v) is 5.70. The molecule has 4 rings (SSSR count). The number of fused-ring (bicyclic) bond motifs is 2. The minimum absolute atomic E-state index is 0.237. The van der Waals surface area contributed by atoms with Gasteiger partial charge in [-0.25, -0.2) is 19.3 Å². The lowest BCUT2D eigenvalue weighted by Crippen LogP contribution is -2.34. The number of hydrogen-bond donors (Lipinski definition) is 2. The number of nitrogens with zero attached hydrogens (tertiary/aromatic N) is 4. The molecule has 7 nitrogen and oxygen atoms in total. The lowest BCUT2D eigenvalue weighted by atomic mass is 10.1. The number of aryl methyl sites for hydroxylation is 1. The molecule has 2 aromatic heterocycles. The van der Waals surface area contributed by atoms with Gasteiger partial charge in [-0.1, -0.05) is 0 Å². The van der Waals surface area contributed by atoms with E-state index in [0.29, 0.717) is 23.6 Å². The predicted molar refractivity (Wildman–Crippen MR) is 75.0 cm³/mol. The van der Waals surface area contributed by atoms with E-state index < -0.39 is 0 Å². The van der Waals surface area contributed by atoms with Gasteiger partial charge in [0.25, 0.3) is 0 Å². The molecular formula is C13H18N6O. The molecule has 0 aliphatic carbocycles. The fraction of sp³-hybridized carbons (Fsp3) is 0.615. The SMILES string of the molecule is Cc1nc(NC2CCN3CCCC23)cc2n[nH]c(=O)n12. The van der Waals surface area contributed by atoms with Crippen LogP contribution in [0.4, 0.5) is 5.82 Å². The van der Waals surface area contributed by atoms with Crippen molar-refractivity contribution in [2.24, 2.45) is 0 Å². The van der Waals surface area contributed by atoms with E-state index in [-0.39, 0.29) is 5.69 Å². The van der Waals surface area contributed by atoms with E-state index in [0.717, 1.165) is 12.2 Å². The minimum atomic E-state index is -0.237. The van der Waals surface area contributed by atoms with Crippen molar-refractivity contribution in [3.05, 3.63) is 22.4 Å². The van der Waals surface area contributed by atoms with Crippen LogP contribution in [0.2, 0.25) is 0 Å². The summed E-state index contributed by atoms with van der Waals surface area (Å²) in [4.78, 5) is 18.6. The predicted octanol–water partition coefficient (Wildman–Crippen LogP) is 0.375. The molecule has 2 N–H and O–H groups in total. The smallest absolute Gasteiger partial charge is 0.349 e. The molecule has 0 bridgehead atoms. The quantitative estimate of drug-likeness (QED) is 0.827. The summed E-state index contributed by atoms with van der Waals surface area (Å²) in [6.07, 6.45) is 3.72. The number of anilines is 1. The van der Waals surface area contributed by atoms with Gasteiger partial charge in [-0.3, -0.25) is 4.90 Å². The standard InChI is InChI=1S/C13H18N6O/c1-8-14-11(7-12-16-17-13(20)19(8)12)15-9-4-6-18-5-2-3-10(9)18/h7,9-10,15H,2-6H2,1H3,(H,17,20). The van der Waals surface area contributed by atoms with Crippen LogP contribution in [0.3, 0.4) is 0 Å². The van der Waals surface area contributed by atoms with E-state index in [4.69, 9.17) is 0 Å². The zero-order valence-corrected chi connectivity index (χ0v) is 11.5. The van der Waals surface area contributed by atoms with Crippen molar-refractivity contribution in [3.63, 3.8) is 0 Å². The fourth-order valence-electron chi connectivity index (χ4n) is 3.61. The van der Waals surface area contributed by atoms with Crippen molar-refractivity contribution in [2.75, 3.05) is 18.4 Å². The third kappa shape index (κ3) is 1.73. The summed E-state index contributed by atoms with van der Waals surface area (Å²) in [6, 6.07) is 2.93. The molecule has 2 fully saturated rings. The Kier molecular flexibility index (Phi) is 2.56. The average Bonchev–Trinajstić information content (AvgIpc) is 3.08. The first kappa shape index (κ1) is 11.9. The highest BCUT2D eigenvalue weighted by molar-refractivity contribution is 5.50. The molecule has 2 atom stereocenters. The molecule has 2 saturated heterocycles. The number of aromatic amines is 1. The first-order chi connectivity index (χ1) is 9.72. The number of nitrogens with one attached hydrogen (secondary N) is 2. The van der Waals surface area contributed by atoms with Gasteiger partial charge in [0.2, 0.25) is 0 Å². The van der Waals surface area contributed by atoms with Crippen LogP contribution in [0.15, 0.2) is 10.9 Å². The maximum absolute atomic E-state index is 11.6. The van der Waals surface area contributed by atoms with Crippen molar-refractivity contribution < 1.29 is 0 Å². The summed E-state index contributed by atoms with van der Waals surface area (Å²) < 4.78 is 1.49. The fourth-order valence-corrected chi connectivity index (χ4v) is 3.61. The second-order valence-electron chi connectivity index (χ2n) is 5.70. The molecule has 4 heterocycles. The Morgan fingerprint density at radius 1 is 1.40 bits per heavy atom. The van der Waals surface area contributed by atoms with Crippen LogP contribution in [-0.2, 0) is 0 Å². The Bertz CT molecular complexity index is 704. The zero-order chi connectivity index (χ0) is 13.7. The Hall–Kier alpha value is -1.89. The van der Waals surface area contributed by atoms with Crippen LogP contribution < -0.4 is 11.0 Å². The van der Waals surface area contributed by atoms with Gasteiger partial charge in [0, 0.05) is 24.7 Å². The molecule has 0 spiro atoms. The van der Waals surface area contributed by atoms with E-state index in [1.807, 2.05) is 13.0 Å². The van der Waals surface area contributed by atoms with Crippen molar-refractivity contribution in [1.29, 1.82) is 0 Å². The van der Waals surface area contributed by atoms with Gasteiger partial charge in [0.05, 0.1) is 0 Å². The molecule has 2 unspecified atom stereocenters. The molecule has 7 heteroatoms. The number of aromatic nitrogens is 4. The van der Waals surface area contributed by atoms with Crippen molar-refractivity contribution in [2.45, 2.75) is 38.3 Å². The van der Waals surface area contributed by atoms with E-state index in [9.17, 15) is 4.79 Å². The average molecular weight is 274 g/mol. The van der Waals surface area contributed by atoms with Crippen molar-refractivity contribution in [3.8, 4) is 0 Å². The molecule has 0 radical (unpaired) electrons. The van der Waals surface area contributed by atoms with Crippen molar-refractivity contribution >= 4 is 11.5 Å². The first-order valence-corrected chi connectivity index (χ1v) is 7.18. The van der Waals surface area contributed by atoms with Crippen LogP contribution in [0, 0.1) is 6.92 Å². The summed E-state index contributed by atoms with van der Waals surface area (Å²) in [7, 11) is 0. The van der Waals surface area contributed by atoms with Crippen LogP contribution in [0.1, 0.15) is 25.1 Å². The van der Waals surface area contributed by atoms with Gasteiger partial charge in [0.1, 0.15) is 11.6 Å². The Balaban J connectivity index is 1.64. The van der Waals surface area contributed by atoms with Crippen LogP contribution in [0.5, 0.6) is 0 Å². The summed E-state index contributed by atoms with van der Waals surface area (Å²) in [5, 5.41) is 10.0. The summed E-state index contributed by atoms with van der Waals surface area (Å²) in [6.45, 7) is 4.22. The summed E-state index contributed by atoms with van der Waals surface area (Å²) >= 11 is 0. The molecule has 20 heavy (non-hydrogen) atoms. The normalized spacial score (nSPS) is 26.2. The molecule has 2 aliphatic heterocycles. The van der Waals surface area contributed by atoms with Gasteiger partial charge in [0.15, 0.2) is 5.65 Å². The highest BCUT2D eigenvalue weighted by atomic mass is 16.1. The highest BCUT2D eigenvalue weighted by Gasteiger charge is 2.37. The number of rotatable bonds is 2. The first-order valence-electron chi connectivity index (χ1n) is 7.18. The maximum atomic E-state index is 11.6. The minimum Gasteiger partial charge on any atom is -0.366 e. The maximum Gasteiger partial charge on any atom is 0.349 e. The second kappa shape index (κ2) is 4.31. The Morgan fingerprint density at radius 2 is 2.30 bits per heavy atom. The van der Waals surface area contributed by atoms with E-state index in [2.05, 4.69) is 25.4 Å². The number of H-pyrrole nitrogens is 1. The molecule has 0 amide bonds. The van der Waals surface area contributed by atoms with Crippen LogP contribution in [-0.4, -0.2) is 49.7 Å². The molecule has 2 aliphatic rings. The van der Waals surface area contributed by atoms with Gasteiger partial charge in [-0.05, 0) is 32.7 Å². The van der Waals surface area contributed by atoms with Gasteiger partial charge < -0.3 is 5.32 Å². The molecule has 0 saturated carbocycles. The molecular weight excluding hydrogens is 256 g/mol. The zero-order valence-electron chi connectivity index (χ0n) is 11.5. The highest BCUT2D eigenvalue weighted by Crippen LogP contribution is 2.29. The number of hydrogen-bond acceptors (Lipinski definition) is 5. The molecule has 106 valence electrons. The lowest BCUT2D eigenvalue weighted by molar-refractivity contribution is 0.318. The van der Waals surface area contributed by atoms with Crippen LogP contribution in [0.25, 0.3) is 5.65 Å².